The van der Waals surface area contributed by atoms with Gasteiger partial charge in [0.05, 0.1) is 10.5 Å². The zero-order valence-corrected chi connectivity index (χ0v) is 11.5. The van der Waals surface area contributed by atoms with Crippen LogP contribution in [0.4, 0.5) is 5.82 Å². The Morgan fingerprint density at radius 2 is 2.00 bits per heavy atom. The number of benzene rings is 1. The van der Waals surface area contributed by atoms with Crippen molar-refractivity contribution in [3.05, 3.63) is 39.8 Å². The first-order chi connectivity index (χ1) is 8.63. The zero-order valence-electron chi connectivity index (χ0n) is 9.11. The van der Waals surface area contributed by atoms with Crippen LogP contribution in [-0.4, -0.2) is 15.0 Å². The van der Waals surface area contributed by atoms with Crippen molar-refractivity contribution in [2.45, 2.75) is 0 Å². The standard InChI is InChI=1S/C12H8BrClN4/c13-6-1-2-7(8(14)5-6)11-16-9-3-4-10(15)17-12(9)18-11/h1-5H,(H3,15,16,17,18). The van der Waals surface area contributed by atoms with Crippen LogP contribution in [0.15, 0.2) is 34.8 Å². The molecule has 0 bridgehead atoms. The minimum atomic E-state index is 0.447. The fourth-order valence-electron chi connectivity index (χ4n) is 1.72. The zero-order chi connectivity index (χ0) is 12.7. The van der Waals surface area contributed by atoms with E-state index in [1.807, 2.05) is 24.3 Å². The molecule has 3 aromatic rings. The molecule has 6 heteroatoms. The molecule has 2 heterocycles. The van der Waals surface area contributed by atoms with Gasteiger partial charge < -0.3 is 10.7 Å². The molecule has 0 amide bonds. The van der Waals surface area contributed by atoms with Gasteiger partial charge in [-0.05, 0) is 30.3 Å². The van der Waals surface area contributed by atoms with E-state index in [4.69, 9.17) is 17.3 Å². The van der Waals surface area contributed by atoms with Gasteiger partial charge in [0.2, 0.25) is 0 Å². The number of nitrogens with two attached hydrogens (primary N) is 1. The van der Waals surface area contributed by atoms with Gasteiger partial charge >= 0.3 is 0 Å². The van der Waals surface area contributed by atoms with E-state index in [0.717, 1.165) is 15.6 Å². The van der Waals surface area contributed by atoms with Crippen LogP contribution in [0.1, 0.15) is 0 Å². The maximum Gasteiger partial charge on any atom is 0.180 e. The highest BCUT2D eigenvalue weighted by atomic mass is 79.9. The molecule has 0 atom stereocenters. The van der Waals surface area contributed by atoms with Crippen LogP contribution in [0.25, 0.3) is 22.6 Å². The number of imidazole rings is 1. The number of aromatic amines is 1. The summed E-state index contributed by atoms with van der Waals surface area (Å²) in [6, 6.07) is 9.21. The number of hydrogen-bond donors (Lipinski definition) is 2. The lowest BCUT2D eigenvalue weighted by molar-refractivity contribution is 1.30. The van der Waals surface area contributed by atoms with Gasteiger partial charge in [-0.25, -0.2) is 9.97 Å². The average Bonchev–Trinajstić information content (AvgIpc) is 2.71. The largest absolute Gasteiger partial charge is 0.384 e. The van der Waals surface area contributed by atoms with E-state index in [9.17, 15) is 0 Å². The topological polar surface area (TPSA) is 67.6 Å². The Labute approximate surface area is 116 Å². The van der Waals surface area contributed by atoms with Gasteiger partial charge in [-0.2, -0.15) is 0 Å². The van der Waals surface area contributed by atoms with E-state index in [1.54, 1.807) is 6.07 Å². The van der Waals surface area contributed by atoms with Gasteiger partial charge in [0.25, 0.3) is 0 Å². The van der Waals surface area contributed by atoms with Crippen LogP contribution in [0.3, 0.4) is 0 Å². The number of nitrogens with zero attached hydrogens (tertiary/aromatic N) is 2. The van der Waals surface area contributed by atoms with E-state index < -0.39 is 0 Å². The highest BCUT2D eigenvalue weighted by Gasteiger charge is 2.10. The first-order valence-corrected chi connectivity index (χ1v) is 6.38. The lowest BCUT2D eigenvalue weighted by atomic mass is 10.2. The number of hydrogen-bond acceptors (Lipinski definition) is 3. The van der Waals surface area contributed by atoms with Crippen molar-refractivity contribution in [1.29, 1.82) is 0 Å². The molecule has 0 aliphatic heterocycles. The predicted molar refractivity (Wildman–Crippen MR) is 76.4 cm³/mol. The summed E-state index contributed by atoms with van der Waals surface area (Å²) in [7, 11) is 0. The molecule has 0 aliphatic carbocycles. The lowest BCUT2D eigenvalue weighted by Crippen LogP contribution is -1.88. The highest BCUT2D eigenvalue weighted by Crippen LogP contribution is 2.29. The molecular weight excluding hydrogens is 316 g/mol. The molecule has 18 heavy (non-hydrogen) atoms. The first kappa shape index (κ1) is 11.5. The van der Waals surface area contributed by atoms with Crippen LogP contribution in [0.5, 0.6) is 0 Å². The second-order valence-corrected chi connectivity index (χ2v) is 5.14. The van der Waals surface area contributed by atoms with Crippen molar-refractivity contribution in [3.8, 4) is 11.4 Å². The highest BCUT2D eigenvalue weighted by molar-refractivity contribution is 9.10. The normalized spacial score (nSPS) is 11.0. The number of rotatable bonds is 1. The van der Waals surface area contributed by atoms with Gasteiger partial charge in [-0.3, -0.25) is 0 Å². The molecule has 2 aromatic heterocycles. The lowest BCUT2D eigenvalue weighted by Gasteiger charge is -2.00. The molecule has 0 unspecified atom stereocenters. The van der Waals surface area contributed by atoms with E-state index in [-0.39, 0.29) is 0 Å². The third-order valence-electron chi connectivity index (χ3n) is 2.55. The number of fused-ring (bicyclic) bond motifs is 1. The smallest absolute Gasteiger partial charge is 0.180 e. The Kier molecular flexibility index (Phi) is 2.72. The van der Waals surface area contributed by atoms with E-state index >= 15 is 0 Å². The number of anilines is 1. The quantitative estimate of drug-likeness (QED) is 0.718. The summed E-state index contributed by atoms with van der Waals surface area (Å²) in [4.78, 5) is 11.7. The van der Waals surface area contributed by atoms with Gasteiger partial charge in [0, 0.05) is 10.0 Å². The summed E-state index contributed by atoms with van der Waals surface area (Å²) in [5, 5.41) is 0.622. The van der Waals surface area contributed by atoms with Gasteiger partial charge in [0.15, 0.2) is 5.65 Å². The molecule has 90 valence electrons. The summed E-state index contributed by atoms with van der Waals surface area (Å²) >= 11 is 9.56. The summed E-state index contributed by atoms with van der Waals surface area (Å²) in [5.41, 5.74) is 7.87. The number of pyridine rings is 1. The molecule has 0 saturated heterocycles. The molecule has 0 aliphatic rings. The van der Waals surface area contributed by atoms with Crippen molar-refractivity contribution >= 4 is 44.5 Å². The van der Waals surface area contributed by atoms with E-state index in [2.05, 4.69) is 30.9 Å². The molecule has 3 rings (SSSR count). The van der Waals surface area contributed by atoms with Gasteiger partial charge in [-0.1, -0.05) is 27.5 Å². The van der Waals surface area contributed by atoms with Crippen molar-refractivity contribution in [1.82, 2.24) is 15.0 Å². The maximum absolute atomic E-state index is 6.19. The molecule has 4 nitrogen and oxygen atoms in total. The monoisotopic (exact) mass is 322 g/mol. The molecule has 0 fully saturated rings. The first-order valence-electron chi connectivity index (χ1n) is 5.21. The van der Waals surface area contributed by atoms with Crippen LogP contribution in [0.2, 0.25) is 5.02 Å². The SMILES string of the molecule is Nc1ccc2[nH]c(-c3ccc(Br)cc3Cl)nc2n1. The predicted octanol–water partition coefficient (Wildman–Crippen LogP) is 3.62. The van der Waals surface area contributed by atoms with Crippen LogP contribution >= 0.6 is 27.5 Å². The molecule has 1 aromatic carbocycles. The van der Waals surface area contributed by atoms with Gasteiger partial charge in [0.1, 0.15) is 11.6 Å². The number of aromatic nitrogens is 3. The third kappa shape index (κ3) is 1.95. The Hall–Kier alpha value is -1.59. The maximum atomic E-state index is 6.19. The second-order valence-electron chi connectivity index (χ2n) is 3.82. The fraction of sp³-hybridized carbons (Fsp3) is 0. The molecule has 0 saturated carbocycles. The van der Waals surface area contributed by atoms with Crippen molar-refractivity contribution < 1.29 is 0 Å². The van der Waals surface area contributed by atoms with Crippen LogP contribution in [-0.2, 0) is 0 Å². The Bertz CT molecular complexity index is 738. The Balaban J connectivity index is 2.19. The Morgan fingerprint density at radius 3 is 2.78 bits per heavy atom. The Morgan fingerprint density at radius 1 is 1.17 bits per heavy atom. The average molecular weight is 324 g/mol. The minimum absolute atomic E-state index is 0.447. The molecule has 3 N–H and O–H groups in total. The fourth-order valence-corrected chi connectivity index (χ4v) is 2.48. The summed E-state index contributed by atoms with van der Waals surface area (Å²) in [6.45, 7) is 0. The van der Waals surface area contributed by atoms with Crippen molar-refractivity contribution in [2.75, 3.05) is 5.73 Å². The minimum Gasteiger partial charge on any atom is -0.384 e. The van der Waals surface area contributed by atoms with E-state index in [0.29, 0.717) is 22.3 Å². The second kappa shape index (κ2) is 4.26. The van der Waals surface area contributed by atoms with Crippen molar-refractivity contribution in [2.24, 2.45) is 0 Å². The number of halogens is 2. The van der Waals surface area contributed by atoms with Crippen LogP contribution < -0.4 is 5.73 Å². The molecule has 0 radical (unpaired) electrons. The molecular formula is C12H8BrClN4. The summed E-state index contributed by atoms with van der Waals surface area (Å²) < 4.78 is 0.926. The molecule has 0 spiro atoms. The van der Waals surface area contributed by atoms with Crippen molar-refractivity contribution in [3.63, 3.8) is 0 Å². The van der Waals surface area contributed by atoms with Crippen LogP contribution in [0, 0.1) is 0 Å². The van der Waals surface area contributed by atoms with Gasteiger partial charge in [-0.15, -0.1) is 0 Å². The van der Waals surface area contributed by atoms with E-state index in [1.165, 1.54) is 0 Å². The number of nitrogens with one attached hydrogen (secondary N) is 1. The summed E-state index contributed by atoms with van der Waals surface area (Å²) in [6.07, 6.45) is 0. The number of H-pyrrole nitrogens is 1. The third-order valence-corrected chi connectivity index (χ3v) is 3.36. The summed E-state index contributed by atoms with van der Waals surface area (Å²) in [5.74, 6) is 1.13. The number of nitrogen functional groups attached to an aromatic ring is 1.